The van der Waals surface area contributed by atoms with Gasteiger partial charge in [-0.3, -0.25) is 0 Å². The van der Waals surface area contributed by atoms with Crippen LogP contribution in [0.1, 0.15) is 23.5 Å². The quantitative estimate of drug-likeness (QED) is 0.634. The van der Waals surface area contributed by atoms with Crippen LogP contribution in [0.3, 0.4) is 0 Å². The van der Waals surface area contributed by atoms with E-state index in [0.29, 0.717) is 24.3 Å². The van der Waals surface area contributed by atoms with Crippen LogP contribution in [0.2, 0.25) is 0 Å². The van der Waals surface area contributed by atoms with Gasteiger partial charge in [0.15, 0.2) is 0 Å². The summed E-state index contributed by atoms with van der Waals surface area (Å²) in [5, 5.41) is 0. The Morgan fingerprint density at radius 3 is 2.86 bits per heavy atom. The molecule has 1 heterocycles. The average molecular weight is 299 g/mol. The van der Waals surface area contributed by atoms with Crippen molar-refractivity contribution in [1.29, 1.82) is 0 Å². The molecule has 1 saturated carbocycles. The maximum atomic E-state index is 5.95. The van der Waals surface area contributed by atoms with Gasteiger partial charge in [0.25, 0.3) is 0 Å². The summed E-state index contributed by atoms with van der Waals surface area (Å²) in [6, 6.07) is 10.1. The zero-order valence-corrected chi connectivity index (χ0v) is 12.9. The van der Waals surface area contributed by atoms with Crippen molar-refractivity contribution in [3.63, 3.8) is 0 Å². The van der Waals surface area contributed by atoms with E-state index in [9.17, 15) is 0 Å². The summed E-state index contributed by atoms with van der Waals surface area (Å²) in [5.74, 6) is 8.92. The molecular formula is C17H21N3O2. The van der Waals surface area contributed by atoms with Gasteiger partial charge in [-0.05, 0) is 37.0 Å². The molecular weight excluding hydrogens is 278 g/mol. The molecule has 0 aliphatic heterocycles. The van der Waals surface area contributed by atoms with Gasteiger partial charge >= 0.3 is 0 Å². The molecule has 2 atom stereocenters. The maximum Gasteiger partial charge on any atom is 0.146 e. The highest BCUT2D eigenvalue weighted by atomic mass is 16.5. The second kappa shape index (κ2) is 6.23. The van der Waals surface area contributed by atoms with Crippen LogP contribution in [0.25, 0.3) is 0 Å². The largest absolute Gasteiger partial charge is 0.496 e. The lowest BCUT2D eigenvalue weighted by atomic mass is 10.1. The molecule has 1 aromatic heterocycles. The first-order chi connectivity index (χ1) is 10.7. The fourth-order valence-corrected chi connectivity index (χ4v) is 2.80. The Balaban J connectivity index is 1.63. The number of nitrogens with zero attached hydrogens (tertiary/aromatic N) is 1. The number of anilines is 1. The fraction of sp³-hybridized carbons (Fsp3) is 0.353. The van der Waals surface area contributed by atoms with Crippen LogP contribution < -0.4 is 20.7 Å². The Morgan fingerprint density at radius 2 is 2.09 bits per heavy atom. The highest BCUT2D eigenvalue weighted by molar-refractivity contribution is 5.49. The summed E-state index contributed by atoms with van der Waals surface area (Å²) < 4.78 is 11.4. The smallest absolute Gasteiger partial charge is 0.146 e. The summed E-state index contributed by atoms with van der Waals surface area (Å²) in [4.78, 5) is 4.15. The van der Waals surface area contributed by atoms with Crippen LogP contribution in [0.15, 0.2) is 36.5 Å². The Labute approximate surface area is 130 Å². The molecule has 22 heavy (non-hydrogen) atoms. The zero-order chi connectivity index (χ0) is 15.5. The molecule has 5 heteroatoms. The van der Waals surface area contributed by atoms with Crippen molar-refractivity contribution >= 4 is 5.82 Å². The fourth-order valence-electron chi connectivity index (χ4n) is 2.80. The van der Waals surface area contributed by atoms with E-state index in [1.54, 1.807) is 13.3 Å². The first-order valence-electron chi connectivity index (χ1n) is 7.42. The SMILES string of the molecule is COc1ccccc1[C@H]1C[C@@H]1COc1ccnc(NN)c1C. The number of nitrogens with two attached hydrogens (primary N) is 1. The van der Waals surface area contributed by atoms with E-state index in [0.717, 1.165) is 23.5 Å². The van der Waals surface area contributed by atoms with E-state index in [-0.39, 0.29) is 0 Å². The number of para-hydroxylation sites is 1. The van der Waals surface area contributed by atoms with Gasteiger partial charge in [0, 0.05) is 17.7 Å². The molecule has 5 nitrogen and oxygen atoms in total. The molecule has 1 fully saturated rings. The molecule has 0 amide bonds. The van der Waals surface area contributed by atoms with E-state index in [1.165, 1.54) is 5.56 Å². The van der Waals surface area contributed by atoms with Crippen molar-refractivity contribution in [2.24, 2.45) is 11.8 Å². The molecule has 116 valence electrons. The van der Waals surface area contributed by atoms with Gasteiger partial charge in [-0.2, -0.15) is 0 Å². The molecule has 2 aromatic rings. The summed E-state index contributed by atoms with van der Waals surface area (Å²) in [5.41, 5.74) is 4.78. The normalized spacial score (nSPS) is 19.6. The Hall–Kier alpha value is -2.27. The number of hydrogen-bond donors (Lipinski definition) is 2. The number of benzene rings is 1. The first kappa shape index (κ1) is 14.7. The lowest BCUT2D eigenvalue weighted by Crippen LogP contribution is -2.11. The lowest BCUT2D eigenvalue weighted by molar-refractivity contribution is 0.294. The summed E-state index contributed by atoms with van der Waals surface area (Å²) >= 11 is 0. The van der Waals surface area contributed by atoms with E-state index in [2.05, 4.69) is 22.5 Å². The van der Waals surface area contributed by atoms with Crippen LogP contribution >= 0.6 is 0 Å². The van der Waals surface area contributed by atoms with Gasteiger partial charge in [0.05, 0.1) is 13.7 Å². The third-order valence-corrected chi connectivity index (χ3v) is 4.20. The van der Waals surface area contributed by atoms with Gasteiger partial charge in [-0.15, -0.1) is 0 Å². The number of pyridine rings is 1. The highest BCUT2D eigenvalue weighted by Crippen LogP contribution is 2.50. The van der Waals surface area contributed by atoms with Crippen LogP contribution in [-0.4, -0.2) is 18.7 Å². The molecule has 0 spiro atoms. The minimum Gasteiger partial charge on any atom is -0.496 e. The average Bonchev–Trinajstić information content (AvgIpc) is 3.33. The van der Waals surface area contributed by atoms with Gasteiger partial charge < -0.3 is 14.9 Å². The molecule has 3 rings (SSSR count). The minimum atomic E-state index is 0.519. The lowest BCUT2D eigenvalue weighted by Gasteiger charge is -2.12. The summed E-state index contributed by atoms with van der Waals surface area (Å²) in [7, 11) is 1.72. The summed E-state index contributed by atoms with van der Waals surface area (Å²) in [6.07, 6.45) is 2.83. The Bertz CT molecular complexity index is 660. The van der Waals surface area contributed by atoms with Crippen molar-refractivity contribution in [1.82, 2.24) is 4.98 Å². The van der Waals surface area contributed by atoms with Crippen LogP contribution in [0, 0.1) is 12.8 Å². The second-order valence-corrected chi connectivity index (χ2v) is 5.58. The van der Waals surface area contributed by atoms with Crippen molar-refractivity contribution in [2.75, 3.05) is 19.1 Å². The number of methoxy groups -OCH3 is 1. The Morgan fingerprint density at radius 1 is 1.27 bits per heavy atom. The van der Waals surface area contributed by atoms with Gasteiger partial charge in [0.2, 0.25) is 0 Å². The third kappa shape index (κ3) is 2.85. The van der Waals surface area contributed by atoms with E-state index in [4.69, 9.17) is 15.3 Å². The minimum absolute atomic E-state index is 0.519. The predicted octanol–water partition coefficient (Wildman–Crippen LogP) is 2.87. The number of nitrogens with one attached hydrogen (secondary N) is 1. The van der Waals surface area contributed by atoms with Gasteiger partial charge in [-0.1, -0.05) is 18.2 Å². The third-order valence-electron chi connectivity index (χ3n) is 4.20. The molecule has 0 saturated heterocycles. The number of rotatable bonds is 6. The molecule has 0 bridgehead atoms. The zero-order valence-electron chi connectivity index (χ0n) is 12.9. The number of hydrazine groups is 1. The van der Waals surface area contributed by atoms with Gasteiger partial charge in [0.1, 0.15) is 17.3 Å². The van der Waals surface area contributed by atoms with Crippen molar-refractivity contribution in [2.45, 2.75) is 19.3 Å². The predicted molar refractivity (Wildman–Crippen MR) is 86.1 cm³/mol. The first-order valence-corrected chi connectivity index (χ1v) is 7.42. The van der Waals surface area contributed by atoms with Crippen LogP contribution in [0.4, 0.5) is 5.82 Å². The van der Waals surface area contributed by atoms with Gasteiger partial charge in [-0.25, -0.2) is 10.8 Å². The second-order valence-electron chi connectivity index (χ2n) is 5.58. The maximum absolute atomic E-state index is 5.95. The number of hydrogen-bond acceptors (Lipinski definition) is 5. The highest BCUT2D eigenvalue weighted by Gasteiger charge is 2.40. The van der Waals surface area contributed by atoms with Crippen molar-refractivity contribution in [3.05, 3.63) is 47.7 Å². The van der Waals surface area contributed by atoms with Crippen LogP contribution in [-0.2, 0) is 0 Å². The van der Waals surface area contributed by atoms with Crippen molar-refractivity contribution < 1.29 is 9.47 Å². The monoisotopic (exact) mass is 299 g/mol. The van der Waals surface area contributed by atoms with E-state index < -0.39 is 0 Å². The molecule has 1 aliphatic rings. The summed E-state index contributed by atoms with van der Waals surface area (Å²) in [6.45, 7) is 2.64. The van der Waals surface area contributed by atoms with Crippen molar-refractivity contribution in [3.8, 4) is 11.5 Å². The van der Waals surface area contributed by atoms with Crippen LogP contribution in [0.5, 0.6) is 11.5 Å². The number of nitrogen functional groups attached to an aromatic ring is 1. The molecule has 0 radical (unpaired) electrons. The molecule has 1 aliphatic carbocycles. The standard InChI is InChI=1S/C17H21N3O2/c1-11-15(7-8-19-17(11)20-18)22-10-12-9-14(12)13-5-3-4-6-16(13)21-2/h3-8,12,14H,9-10,18H2,1-2H3,(H,19,20)/t12-,14+/m1/s1. The number of aromatic nitrogens is 1. The number of ether oxygens (including phenoxy) is 2. The molecule has 1 aromatic carbocycles. The van der Waals surface area contributed by atoms with E-state index in [1.807, 2.05) is 25.1 Å². The van der Waals surface area contributed by atoms with E-state index >= 15 is 0 Å². The molecule has 3 N–H and O–H groups in total. The topological polar surface area (TPSA) is 69.4 Å². The molecule has 0 unspecified atom stereocenters. The Kier molecular flexibility index (Phi) is 4.15.